The van der Waals surface area contributed by atoms with Crippen molar-refractivity contribution < 1.29 is 14.7 Å². The summed E-state index contributed by atoms with van der Waals surface area (Å²) in [6.07, 6.45) is 6.11. The van der Waals surface area contributed by atoms with E-state index in [4.69, 9.17) is 5.11 Å². The van der Waals surface area contributed by atoms with Gasteiger partial charge in [-0.1, -0.05) is 13.3 Å². The third-order valence-corrected chi connectivity index (χ3v) is 4.59. The van der Waals surface area contributed by atoms with Crippen molar-refractivity contribution in [1.82, 2.24) is 5.32 Å². The van der Waals surface area contributed by atoms with Gasteiger partial charge in [0, 0.05) is 12.6 Å². The van der Waals surface area contributed by atoms with Crippen molar-refractivity contribution in [2.24, 2.45) is 11.8 Å². The van der Waals surface area contributed by atoms with Crippen LogP contribution in [0.4, 0.5) is 0 Å². The molecule has 108 valence electrons. The van der Waals surface area contributed by atoms with E-state index in [1.165, 1.54) is 36.7 Å². The van der Waals surface area contributed by atoms with E-state index >= 15 is 0 Å². The van der Waals surface area contributed by atoms with Gasteiger partial charge in [0.15, 0.2) is 0 Å². The molecule has 2 atom stereocenters. The predicted octanol–water partition coefficient (Wildman–Crippen LogP) is 3.01. The van der Waals surface area contributed by atoms with E-state index in [-0.39, 0.29) is 5.91 Å². The van der Waals surface area contributed by atoms with Crippen LogP contribution in [0.3, 0.4) is 0 Å². The van der Waals surface area contributed by atoms with E-state index in [0.29, 0.717) is 22.9 Å². The number of rotatable bonds is 5. The zero-order chi connectivity index (χ0) is 14.5. The summed E-state index contributed by atoms with van der Waals surface area (Å²) in [6, 6.07) is 1.76. The van der Waals surface area contributed by atoms with Crippen molar-refractivity contribution in [2.45, 2.75) is 26.2 Å². The summed E-state index contributed by atoms with van der Waals surface area (Å²) in [6.45, 7) is 2.96. The van der Waals surface area contributed by atoms with Gasteiger partial charge in [0.1, 0.15) is 0 Å². The van der Waals surface area contributed by atoms with Crippen molar-refractivity contribution >= 4 is 29.3 Å². The lowest BCUT2D eigenvalue weighted by Gasteiger charge is -2.10. The van der Waals surface area contributed by atoms with Crippen LogP contribution in [0.2, 0.25) is 0 Å². The van der Waals surface area contributed by atoms with Crippen molar-refractivity contribution in [3.8, 4) is 0 Å². The molecule has 1 heterocycles. The van der Waals surface area contributed by atoms with Crippen molar-refractivity contribution in [1.29, 1.82) is 0 Å². The second-order valence-corrected chi connectivity index (χ2v) is 6.29. The minimum atomic E-state index is -1.01. The molecular formula is C15H19NO3S. The lowest BCUT2D eigenvalue weighted by molar-refractivity contribution is -0.131. The fourth-order valence-electron chi connectivity index (χ4n) is 2.62. The molecule has 0 saturated heterocycles. The smallest absolute Gasteiger partial charge is 0.328 e. The molecule has 0 aliphatic heterocycles. The van der Waals surface area contributed by atoms with Gasteiger partial charge in [0.2, 0.25) is 0 Å². The van der Waals surface area contributed by atoms with Gasteiger partial charge in [0.25, 0.3) is 5.91 Å². The van der Waals surface area contributed by atoms with E-state index in [0.717, 1.165) is 12.0 Å². The third-order valence-electron chi connectivity index (χ3n) is 3.66. The summed E-state index contributed by atoms with van der Waals surface area (Å²) in [5.41, 5.74) is 0.662. The van der Waals surface area contributed by atoms with Gasteiger partial charge < -0.3 is 10.4 Å². The van der Waals surface area contributed by atoms with E-state index in [1.807, 2.05) is 0 Å². The second kappa shape index (κ2) is 6.70. The minimum Gasteiger partial charge on any atom is -0.478 e. The molecule has 20 heavy (non-hydrogen) atoms. The monoisotopic (exact) mass is 293 g/mol. The number of hydrogen-bond donors (Lipinski definition) is 2. The molecule has 0 bridgehead atoms. The summed E-state index contributed by atoms with van der Waals surface area (Å²) >= 11 is 1.34. The Morgan fingerprint density at radius 3 is 2.95 bits per heavy atom. The fraction of sp³-hybridized carbons (Fsp3) is 0.467. The van der Waals surface area contributed by atoms with E-state index in [1.54, 1.807) is 11.4 Å². The van der Waals surface area contributed by atoms with Crippen molar-refractivity contribution in [3.05, 3.63) is 28.0 Å². The molecule has 5 heteroatoms. The molecule has 1 aliphatic carbocycles. The van der Waals surface area contributed by atoms with Crippen molar-refractivity contribution in [2.75, 3.05) is 6.54 Å². The molecule has 1 aromatic rings. The maximum atomic E-state index is 12.1. The van der Waals surface area contributed by atoms with Crippen LogP contribution < -0.4 is 5.32 Å². The highest BCUT2D eigenvalue weighted by Gasteiger charge is 2.22. The van der Waals surface area contributed by atoms with Crippen LogP contribution in [0.1, 0.15) is 41.4 Å². The summed E-state index contributed by atoms with van der Waals surface area (Å²) < 4.78 is 0. The molecule has 1 aliphatic rings. The number of aliphatic carboxylic acids is 1. The standard InChI is InChI=1S/C15H19NO3S/c1-10-2-3-11(8-10)9-16-15(19)14-12(6-7-20-14)4-5-13(17)18/h4-7,10-11H,2-3,8-9H2,1H3,(H,16,19)(H,17,18)/b5-4+. The van der Waals surface area contributed by atoms with Crippen LogP contribution in [-0.2, 0) is 4.79 Å². The Labute approximate surface area is 122 Å². The number of nitrogens with one attached hydrogen (secondary N) is 1. The van der Waals surface area contributed by atoms with Gasteiger partial charge in [-0.3, -0.25) is 4.79 Å². The fourth-order valence-corrected chi connectivity index (χ4v) is 3.43. The lowest BCUT2D eigenvalue weighted by Crippen LogP contribution is -2.28. The maximum absolute atomic E-state index is 12.1. The first-order valence-corrected chi connectivity index (χ1v) is 7.71. The molecule has 1 amide bonds. The summed E-state index contributed by atoms with van der Waals surface area (Å²) in [5, 5.41) is 13.4. The highest BCUT2D eigenvalue weighted by Crippen LogP contribution is 2.29. The Morgan fingerprint density at radius 2 is 2.30 bits per heavy atom. The Balaban J connectivity index is 1.92. The average Bonchev–Trinajstić information content (AvgIpc) is 3.02. The highest BCUT2D eigenvalue weighted by atomic mass is 32.1. The highest BCUT2D eigenvalue weighted by molar-refractivity contribution is 7.12. The Morgan fingerprint density at radius 1 is 1.50 bits per heavy atom. The van der Waals surface area contributed by atoms with E-state index in [9.17, 15) is 9.59 Å². The van der Waals surface area contributed by atoms with Crippen LogP contribution in [0.25, 0.3) is 6.08 Å². The molecule has 1 fully saturated rings. The Bertz CT molecular complexity index is 521. The SMILES string of the molecule is CC1CCC(CNC(=O)c2sccc2/C=C/C(=O)O)C1. The van der Waals surface area contributed by atoms with Crippen LogP contribution in [0.15, 0.2) is 17.5 Å². The second-order valence-electron chi connectivity index (χ2n) is 5.37. The normalized spacial score (nSPS) is 22.2. The average molecular weight is 293 g/mol. The molecule has 1 saturated carbocycles. The summed E-state index contributed by atoms with van der Waals surface area (Å²) in [5.74, 6) is 0.215. The number of hydrogen-bond acceptors (Lipinski definition) is 3. The number of carboxylic acids is 1. The maximum Gasteiger partial charge on any atom is 0.328 e. The topological polar surface area (TPSA) is 66.4 Å². The largest absolute Gasteiger partial charge is 0.478 e. The van der Waals surface area contributed by atoms with Gasteiger partial charge in [-0.2, -0.15) is 0 Å². The van der Waals surface area contributed by atoms with Gasteiger partial charge >= 0.3 is 5.97 Å². The molecule has 2 N–H and O–H groups in total. The Hall–Kier alpha value is -1.62. The van der Waals surface area contributed by atoms with Gasteiger partial charge in [-0.25, -0.2) is 4.79 Å². The van der Waals surface area contributed by atoms with Crippen LogP contribution >= 0.6 is 11.3 Å². The molecule has 4 nitrogen and oxygen atoms in total. The number of carbonyl (C=O) groups excluding carboxylic acids is 1. The number of carbonyl (C=O) groups is 2. The number of thiophene rings is 1. The van der Waals surface area contributed by atoms with Crippen LogP contribution in [0.5, 0.6) is 0 Å². The zero-order valence-corrected chi connectivity index (χ0v) is 12.3. The third kappa shape index (κ3) is 3.93. The molecule has 2 unspecified atom stereocenters. The van der Waals surface area contributed by atoms with Crippen LogP contribution in [0, 0.1) is 11.8 Å². The number of amides is 1. The van der Waals surface area contributed by atoms with Crippen LogP contribution in [-0.4, -0.2) is 23.5 Å². The van der Waals surface area contributed by atoms with Gasteiger partial charge in [0.05, 0.1) is 4.88 Å². The Kier molecular flexibility index (Phi) is 4.95. The van der Waals surface area contributed by atoms with Gasteiger partial charge in [-0.05, 0) is 47.8 Å². The van der Waals surface area contributed by atoms with E-state index < -0.39 is 5.97 Å². The molecule has 0 radical (unpaired) electrons. The summed E-state index contributed by atoms with van der Waals surface area (Å²) in [4.78, 5) is 23.2. The minimum absolute atomic E-state index is 0.107. The molecule has 0 aromatic carbocycles. The summed E-state index contributed by atoms with van der Waals surface area (Å²) in [7, 11) is 0. The molecule has 1 aromatic heterocycles. The number of carboxylic acid groups (broad SMARTS) is 1. The first-order chi connectivity index (χ1) is 9.56. The van der Waals surface area contributed by atoms with Crippen molar-refractivity contribution in [3.63, 3.8) is 0 Å². The lowest BCUT2D eigenvalue weighted by atomic mass is 10.1. The first-order valence-electron chi connectivity index (χ1n) is 6.83. The molecule has 0 spiro atoms. The van der Waals surface area contributed by atoms with Gasteiger partial charge in [-0.15, -0.1) is 11.3 Å². The van der Waals surface area contributed by atoms with E-state index in [2.05, 4.69) is 12.2 Å². The zero-order valence-electron chi connectivity index (χ0n) is 11.5. The first kappa shape index (κ1) is 14.8. The quantitative estimate of drug-likeness (QED) is 0.820. The predicted molar refractivity (Wildman–Crippen MR) is 79.8 cm³/mol. The molecular weight excluding hydrogens is 274 g/mol. The molecule has 2 rings (SSSR count).